The van der Waals surface area contributed by atoms with Gasteiger partial charge in [0.1, 0.15) is 4.21 Å². The summed E-state index contributed by atoms with van der Waals surface area (Å²) in [7, 11) is 0.155. The van der Waals surface area contributed by atoms with Crippen molar-refractivity contribution in [3.05, 3.63) is 60.8 Å². The average molecular weight is 445 g/mol. The van der Waals surface area contributed by atoms with E-state index >= 15 is 0 Å². The molecule has 156 valence electrons. The van der Waals surface area contributed by atoms with Crippen molar-refractivity contribution in [1.29, 1.82) is 0 Å². The van der Waals surface area contributed by atoms with Gasteiger partial charge in [-0.2, -0.15) is 0 Å². The van der Waals surface area contributed by atoms with E-state index in [-0.39, 0.29) is 21.5 Å². The number of nitrogens with zero attached hydrogens (tertiary/aromatic N) is 4. The van der Waals surface area contributed by atoms with Crippen molar-refractivity contribution in [2.24, 2.45) is 0 Å². The molecule has 0 aliphatic carbocycles. The Morgan fingerprint density at radius 1 is 1.27 bits per heavy atom. The number of amides is 1. The van der Waals surface area contributed by atoms with Gasteiger partial charge in [0.2, 0.25) is 0 Å². The third kappa shape index (κ3) is 5.19. The Labute approximate surface area is 178 Å². The third-order valence-corrected chi connectivity index (χ3v) is 7.09. The Morgan fingerprint density at radius 2 is 2.07 bits per heavy atom. The van der Waals surface area contributed by atoms with E-state index in [4.69, 9.17) is 5.73 Å². The maximum absolute atomic E-state index is 12.5. The van der Waals surface area contributed by atoms with E-state index in [1.807, 2.05) is 14.1 Å². The zero-order valence-electron chi connectivity index (χ0n) is 16.3. The van der Waals surface area contributed by atoms with Gasteiger partial charge in [-0.3, -0.25) is 9.78 Å². The first-order chi connectivity index (χ1) is 14.3. The Hall–Kier alpha value is -3.31. The molecule has 0 atom stereocenters. The summed E-state index contributed by atoms with van der Waals surface area (Å²) < 4.78 is 25.2. The number of carbonyl (C=O) groups excluding carboxylic acids is 1. The molecule has 0 radical (unpaired) electrons. The van der Waals surface area contributed by atoms with Crippen molar-refractivity contribution in [1.82, 2.24) is 19.9 Å². The van der Waals surface area contributed by atoms with Crippen molar-refractivity contribution in [3.8, 4) is 10.6 Å². The third-order valence-electron chi connectivity index (χ3n) is 3.79. The van der Waals surface area contributed by atoms with E-state index in [2.05, 4.69) is 20.3 Å². The number of hydrogen-bond acceptors (Lipinski definition) is 9. The van der Waals surface area contributed by atoms with Gasteiger partial charge in [-0.05, 0) is 30.5 Å². The SMILES string of the molecule is CN(C)C=CCS(=O)(=O)c1ccc(-c2cnc(N)c(C(=O)Nc3cccnc3)n2)s1. The molecule has 0 fully saturated rings. The van der Waals surface area contributed by atoms with Gasteiger partial charge in [0.05, 0.1) is 34.4 Å². The number of hydrogen-bond donors (Lipinski definition) is 2. The van der Waals surface area contributed by atoms with Gasteiger partial charge in [-0.1, -0.05) is 6.08 Å². The van der Waals surface area contributed by atoms with Crippen LogP contribution in [0.1, 0.15) is 10.5 Å². The standard InChI is InChI=1S/C19H20N6O3S2/c1-25(2)9-4-10-30(27,28)16-7-6-15(29-16)14-12-22-18(20)17(24-14)19(26)23-13-5-3-8-21-11-13/h3-9,11-12H,10H2,1-2H3,(H2,20,22)(H,23,26). The molecule has 0 spiro atoms. The molecule has 0 aromatic carbocycles. The Morgan fingerprint density at radius 3 is 2.77 bits per heavy atom. The molecule has 0 aliphatic rings. The van der Waals surface area contributed by atoms with Crippen LogP contribution in [0.25, 0.3) is 10.6 Å². The number of rotatable bonds is 7. The normalized spacial score (nSPS) is 11.5. The highest BCUT2D eigenvalue weighted by Gasteiger charge is 2.19. The Balaban J connectivity index is 1.84. The maximum Gasteiger partial charge on any atom is 0.278 e. The minimum Gasteiger partial charge on any atom is -0.384 e. The second kappa shape index (κ2) is 9.01. The molecule has 11 heteroatoms. The number of aromatic nitrogens is 3. The van der Waals surface area contributed by atoms with Crippen molar-refractivity contribution in [2.75, 3.05) is 30.9 Å². The zero-order chi connectivity index (χ0) is 21.7. The van der Waals surface area contributed by atoms with E-state index in [1.54, 1.807) is 41.6 Å². The van der Waals surface area contributed by atoms with Gasteiger partial charge in [0.25, 0.3) is 5.91 Å². The molecule has 9 nitrogen and oxygen atoms in total. The van der Waals surface area contributed by atoms with Gasteiger partial charge in [-0.15, -0.1) is 11.3 Å². The fourth-order valence-electron chi connectivity index (χ4n) is 2.40. The van der Waals surface area contributed by atoms with Crippen molar-refractivity contribution >= 4 is 38.6 Å². The van der Waals surface area contributed by atoms with Gasteiger partial charge in [0, 0.05) is 20.3 Å². The van der Waals surface area contributed by atoms with Gasteiger partial charge in [-0.25, -0.2) is 18.4 Å². The first-order valence-corrected chi connectivity index (χ1v) is 11.2. The van der Waals surface area contributed by atoms with E-state index in [9.17, 15) is 13.2 Å². The molecule has 0 saturated heterocycles. The van der Waals surface area contributed by atoms with Crippen LogP contribution in [-0.2, 0) is 9.84 Å². The summed E-state index contributed by atoms with van der Waals surface area (Å²) in [6.07, 6.45) is 7.75. The molecule has 0 bridgehead atoms. The predicted molar refractivity (Wildman–Crippen MR) is 117 cm³/mol. The number of pyridine rings is 1. The number of nitrogen functional groups attached to an aromatic ring is 1. The van der Waals surface area contributed by atoms with Crippen molar-refractivity contribution in [3.63, 3.8) is 0 Å². The first-order valence-electron chi connectivity index (χ1n) is 8.76. The number of sulfone groups is 1. The average Bonchev–Trinajstić information content (AvgIpc) is 3.20. The van der Waals surface area contributed by atoms with Crippen LogP contribution < -0.4 is 11.1 Å². The van der Waals surface area contributed by atoms with Gasteiger partial charge < -0.3 is 16.0 Å². The topological polar surface area (TPSA) is 131 Å². The lowest BCUT2D eigenvalue weighted by atomic mass is 10.3. The Bertz CT molecular complexity index is 1170. The number of anilines is 2. The maximum atomic E-state index is 12.5. The second-order valence-electron chi connectivity index (χ2n) is 6.43. The van der Waals surface area contributed by atoms with Crippen LogP contribution in [-0.4, -0.2) is 54.0 Å². The summed E-state index contributed by atoms with van der Waals surface area (Å²) in [5, 5.41) is 2.65. The number of thiophene rings is 1. The van der Waals surface area contributed by atoms with Crippen LogP contribution in [0, 0.1) is 0 Å². The fraction of sp³-hybridized carbons (Fsp3) is 0.158. The number of carbonyl (C=O) groups is 1. The summed E-state index contributed by atoms with van der Waals surface area (Å²) in [6, 6.07) is 6.52. The van der Waals surface area contributed by atoms with Crippen LogP contribution >= 0.6 is 11.3 Å². The molecule has 3 aromatic heterocycles. The lowest BCUT2D eigenvalue weighted by Gasteiger charge is -2.07. The van der Waals surface area contributed by atoms with E-state index in [0.717, 1.165) is 11.3 Å². The predicted octanol–water partition coefficient (Wildman–Crippen LogP) is 2.28. The van der Waals surface area contributed by atoms with Crippen LogP contribution in [0.5, 0.6) is 0 Å². The highest BCUT2D eigenvalue weighted by Crippen LogP contribution is 2.30. The zero-order valence-corrected chi connectivity index (χ0v) is 17.9. The number of nitrogens with two attached hydrogens (primary N) is 1. The van der Waals surface area contributed by atoms with Crippen LogP contribution in [0.4, 0.5) is 11.5 Å². The summed E-state index contributed by atoms with van der Waals surface area (Å²) in [6.45, 7) is 0. The molecule has 1 amide bonds. The monoisotopic (exact) mass is 444 g/mol. The minimum atomic E-state index is -3.47. The Kier molecular flexibility index (Phi) is 6.43. The molecular formula is C19H20N6O3S2. The molecule has 3 rings (SSSR count). The summed E-state index contributed by atoms with van der Waals surface area (Å²) in [5.74, 6) is -0.677. The largest absolute Gasteiger partial charge is 0.384 e. The van der Waals surface area contributed by atoms with Crippen LogP contribution in [0.2, 0.25) is 0 Å². The quantitative estimate of drug-likeness (QED) is 0.567. The van der Waals surface area contributed by atoms with Crippen LogP contribution in [0.3, 0.4) is 0 Å². The van der Waals surface area contributed by atoms with Gasteiger partial charge >= 0.3 is 0 Å². The smallest absolute Gasteiger partial charge is 0.278 e. The van der Waals surface area contributed by atoms with Crippen LogP contribution in [0.15, 0.2) is 59.3 Å². The number of nitrogens with one attached hydrogen (secondary N) is 1. The molecule has 3 heterocycles. The highest BCUT2D eigenvalue weighted by molar-refractivity contribution is 7.93. The van der Waals surface area contributed by atoms with E-state index in [1.165, 1.54) is 18.5 Å². The van der Waals surface area contributed by atoms with E-state index < -0.39 is 15.7 Å². The summed E-state index contributed by atoms with van der Waals surface area (Å²) >= 11 is 1.06. The molecule has 0 aliphatic heterocycles. The second-order valence-corrected chi connectivity index (χ2v) is 9.78. The summed E-state index contributed by atoms with van der Waals surface area (Å²) in [4.78, 5) is 27.1. The lowest BCUT2D eigenvalue weighted by molar-refractivity contribution is 0.102. The first kappa shape index (κ1) is 21.4. The highest BCUT2D eigenvalue weighted by atomic mass is 32.2. The van der Waals surface area contributed by atoms with Crippen molar-refractivity contribution < 1.29 is 13.2 Å². The van der Waals surface area contributed by atoms with Crippen molar-refractivity contribution in [2.45, 2.75) is 4.21 Å². The molecule has 30 heavy (non-hydrogen) atoms. The summed E-state index contributed by atoms with van der Waals surface area (Å²) in [5.41, 5.74) is 6.62. The van der Waals surface area contributed by atoms with E-state index in [0.29, 0.717) is 16.3 Å². The minimum absolute atomic E-state index is 0.0293. The molecule has 0 unspecified atom stereocenters. The van der Waals surface area contributed by atoms with Gasteiger partial charge in [0.15, 0.2) is 21.3 Å². The molecule has 0 saturated carbocycles. The fourth-order valence-corrected chi connectivity index (χ4v) is 4.85. The molecule has 3 N–H and O–H groups in total. The molecular weight excluding hydrogens is 424 g/mol. The lowest BCUT2D eigenvalue weighted by Crippen LogP contribution is -2.17. The molecule has 3 aromatic rings.